The molecule has 7 nitrogen and oxygen atoms in total. The summed E-state index contributed by atoms with van der Waals surface area (Å²) in [5, 5.41) is 3.50. The highest BCUT2D eigenvalue weighted by atomic mass is 35.5. The molecule has 236 valence electrons. The van der Waals surface area contributed by atoms with E-state index in [0.717, 1.165) is 26.6 Å². The lowest BCUT2D eigenvalue weighted by atomic mass is 10.0. The number of anilines is 1. The van der Waals surface area contributed by atoms with Crippen LogP contribution in [-0.2, 0) is 32.6 Å². The summed E-state index contributed by atoms with van der Waals surface area (Å²) in [4.78, 5) is 29.6. The molecule has 2 amide bonds. The maximum absolute atomic E-state index is 14.5. The second-order valence-electron chi connectivity index (χ2n) is 10.9. The molecule has 10 heteroatoms. The van der Waals surface area contributed by atoms with Gasteiger partial charge in [0.2, 0.25) is 11.8 Å². The second kappa shape index (κ2) is 15.0. The topological polar surface area (TPSA) is 86.8 Å². The Kier molecular flexibility index (Phi) is 11.3. The minimum absolute atomic E-state index is 0.0457. The van der Waals surface area contributed by atoms with E-state index in [1.54, 1.807) is 49.4 Å². The summed E-state index contributed by atoms with van der Waals surface area (Å²) in [6.07, 6.45) is 0.189. The predicted octanol–water partition coefficient (Wildman–Crippen LogP) is 6.89. The van der Waals surface area contributed by atoms with Crippen LogP contribution >= 0.6 is 23.2 Å². The highest BCUT2D eigenvalue weighted by Gasteiger charge is 2.35. The van der Waals surface area contributed by atoms with E-state index >= 15 is 0 Å². The number of nitrogens with zero attached hydrogens (tertiary/aromatic N) is 2. The van der Waals surface area contributed by atoms with Crippen LogP contribution in [-0.4, -0.2) is 44.3 Å². The van der Waals surface area contributed by atoms with Crippen molar-refractivity contribution in [1.82, 2.24) is 10.2 Å². The van der Waals surface area contributed by atoms with Crippen molar-refractivity contribution >= 4 is 50.7 Å². The number of carbonyl (C=O) groups excluding carboxylic acids is 2. The van der Waals surface area contributed by atoms with Gasteiger partial charge in [0.05, 0.1) is 10.6 Å². The first-order valence-corrected chi connectivity index (χ1v) is 16.8. The molecule has 1 unspecified atom stereocenters. The van der Waals surface area contributed by atoms with Crippen LogP contribution < -0.4 is 9.62 Å². The smallest absolute Gasteiger partial charge is 0.264 e. The van der Waals surface area contributed by atoms with Crippen molar-refractivity contribution in [1.29, 1.82) is 0 Å². The van der Waals surface area contributed by atoms with E-state index in [4.69, 9.17) is 23.2 Å². The predicted molar refractivity (Wildman–Crippen MR) is 181 cm³/mol. The zero-order valence-electron chi connectivity index (χ0n) is 25.8. The first kappa shape index (κ1) is 34.0. The number of likely N-dealkylation sites (N-methyl/N-ethyl adjacent to an activating group) is 1. The molecule has 0 saturated heterocycles. The van der Waals surface area contributed by atoms with E-state index in [9.17, 15) is 18.0 Å². The first-order valence-electron chi connectivity index (χ1n) is 14.6. The van der Waals surface area contributed by atoms with E-state index < -0.39 is 28.5 Å². The van der Waals surface area contributed by atoms with Crippen molar-refractivity contribution in [2.45, 2.75) is 51.6 Å². The van der Waals surface area contributed by atoms with Gasteiger partial charge in [0, 0.05) is 35.1 Å². The zero-order chi connectivity index (χ0) is 32.7. The van der Waals surface area contributed by atoms with Crippen molar-refractivity contribution in [2.24, 2.45) is 0 Å². The summed E-state index contributed by atoms with van der Waals surface area (Å²) in [7, 11) is -4.20. The number of amides is 2. The SMILES string of the molecule is CCNC(=O)C(Cc1ccccc1)N(Cc1c(Cl)cccc1Cl)C(=O)CN(c1ccc(C)c(C)c1)S(=O)(=O)c1ccc(C)cc1. The van der Waals surface area contributed by atoms with Gasteiger partial charge in [-0.2, -0.15) is 0 Å². The average molecular weight is 667 g/mol. The monoisotopic (exact) mass is 665 g/mol. The van der Waals surface area contributed by atoms with Crippen LogP contribution in [0, 0.1) is 20.8 Å². The molecular weight excluding hydrogens is 629 g/mol. The van der Waals surface area contributed by atoms with Gasteiger partial charge in [-0.25, -0.2) is 8.42 Å². The summed E-state index contributed by atoms with van der Waals surface area (Å²) >= 11 is 13.1. The molecule has 4 rings (SSSR count). The van der Waals surface area contributed by atoms with Crippen molar-refractivity contribution < 1.29 is 18.0 Å². The van der Waals surface area contributed by atoms with Crippen molar-refractivity contribution in [3.8, 4) is 0 Å². The van der Waals surface area contributed by atoms with Gasteiger partial charge in [-0.05, 0) is 80.8 Å². The van der Waals surface area contributed by atoms with E-state index in [2.05, 4.69) is 5.32 Å². The highest BCUT2D eigenvalue weighted by molar-refractivity contribution is 7.92. The second-order valence-corrected chi connectivity index (χ2v) is 13.6. The van der Waals surface area contributed by atoms with Crippen molar-refractivity contribution in [3.05, 3.63) is 129 Å². The van der Waals surface area contributed by atoms with Crippen LogP contribution in [0.5, 0.6) is 0 Å². The van der Waals surface area contributed by atoms with Crippen LogP contribution in [0.4, 0.5) is 5.69 Å². The first-order chi connectivity index (χ1) is 21.4. The third kappa shape index (κ3) is 8.25. The molecule has 1 atom stereocenters. The Morgan fingerprint density at radius 3 is 2.07 bits per heavy atom. The number of hydrogen-bond acceptors (Lipinski definition) is 4. The summed E-state index contributed by atoms with van der Waals surface area (Å²) in [5.41, 5.74) is 4.36. The third-order valence-corrected chi connectivity index (χ3v) is 10.2. The van der Waals surface area contributed by atoms with Gasteiger partial charge in [-0.1, -0.05) is 83.4 Å². The fourth-order valence-electron chi connectivity index (χ4n) is 4.95. The Balaban J connectivity index is 1.84. The van der Waals surface area contributed by atoms with Gasteiger partial charge in [-0.15, -0.1) is 0 Å². The number of nitrogens with one attached hydrogen (secondary N) is 1. The van der Waals surface area contributed by atoms with Gasteiger partial charge < -0.3 is 10.2 Å². The summed E-state index contributed by atoms with van der Waals surface area (Å²) < 4.78 is 29.5. The summed E-state index contributed by atoms with van der Waals surface area (Å²) in [5.74, 6) is -0.968. The minimum Gasteiger partial charge on any atom is -0.355 e. The Labute approximate surface area is 275 Å². The number of rotatable bonds is 12. The molecule has 0 fully saturated rings. The van der Waals surface area contributed by atoms with Crippen molar-refractivity contribution in [3.63, 3.8) is 0 Å². The number of benzene rings is 4. The lowest BCUT2D eigenvalue weighted by Gasteiger charge is -2.34. The van der Waals surface area contributed by atoms with Gasteiger partial charge in [0.15, 0.2) is 0 Å². The Morgan fingerprint density at radius 2 is 1.47 bits per heavy atom. The molecule has 0 spiro atoms. The van der Waals surface area contributed by atoms with Gasteiger partial charge in [-0.3, -0.25) is 13.9 Å². The van der Waals surface area contributed by atoms with Gasteiger partial charge >= 0.3 is 0 Å². The van der Waals surface area contributed by atoms with Crippen LogP contribution in [0.3, 0.4) is 0 Å². The molecule has 0 bridgehead atoms. The molecular formula is C35H37Cl2N3O4S. The molecule has 0 aliphatic heterocycles. The zero-order valence-corrected chi connectivity index (χ0v) is 28.1. The molecule has 0 aliphatic carbocycles. The fourth-order valence-corrected chi connectivity index (χ4v) is 6.87. The quantitative estimate of drug-likeness (QED) is 0.179. The molecule has 4 aromatic rings. The molecule has 4 aromatic carbocycles. The van der Waals surface area contributed by atoms with Crippen molar-refractivity contribution in [2.75, 3.05) is 17.4 Å². The van der Waals surface area contributed by atoms with E-state index in [-0.39, 0.29) is 23.8 Å². The molecule has 0 radical (unpaired) electrons. The number of hydrogen-bond donors (Lipinski definition) is 1. The van der Waals surface area contributed by atoms with E-state index in [1.165, 1.54) is 17.0 Å². The maximum atomic E-state index is 14.5. The molecule has 0 aromatic heterocycles. The molecule has 0 saturated carbocycles. The van der Waals surface area contributed by atoms with Crippen LogP contribution in [0.1, 0.15) is 34.7 Å². The van der Waals surface area contributed by atoms with Gasteiger partial charge in [0.1, 0.15) is 12.6 Å². The normalized spacial score (nSPS) is 12.0. The molecule has 0 heterocycles. The Hall–Kier alpha value is -3.85. The number of sulfonamides is 1. The van der Waals surface area contributed by atoms with Crippen LogP contribution in [0.25, 0.3) is 0 Å². The third-order valence-electron chi connectivity index (χ3n) is 7.68. The average Bonchev–Trinajstić information content (AvgIpc) is 3.01. The molecule has 1 N–H and O–H groups in total. The molecule has 0 aliphatic rings. The minimum atomic E-state index is -4.20. The Bertz CT molecular complexity index is 1740. The fraction of sp³-hybridized carbons (Fsp3) is 0.257. The van der Waals surface area contributed by atoms with Gasteiger partial charge in [0.25, 0.3) is 10.0 Å². The maximum Gasteiger partial charge on any atom is 0.264 e. The lowest BCUT2D eigenvalue weighted by molar-refractivity contribution is -0.140. The van der Waals surface area contributed by atoms with Crippen LogP contribution in [0.15, 0.2) is 95.9 Å². The summed E-state index contributed by atoms with van der Waals surface area (Å²) in [6.45, 7) is 7.14. The summed E-state index contributed by atoms with van der Waals surface area (Å²) in [6, 6.07) is 25.1. The van der Waals surface area contributed by atoms with E-state index in [1.807, 2.05) is 57.2 Å². The number of halogens is 2. The van der Waals surface area contributed by atoms with E-state index in [0.29, 0.717) is 27.8 Å². The van der Waals surface area contributed by atoms with Crippen LogP contribution in [0.2, 0.25) is 10.0 Å². The highest BCUT2D eigenvalue weighted by Crippen LogP contribution is 2.30. The standard InChI is InChI=1S/C35H37Cl2N3O4S/c1-5-38-35(42)33(21-27-10-7-6-8-11-27)39(22-30-31(36)12-9-13-32(30)37)34(41)23-40(28-17-16-25(3)26(4)20-28)45(43,44)29-18-14-24(2)15-19-29/h6-20,33H,5,21-23H2,1-4H3,(H,38,42). The number of aryl methyl sites for hydroxylation is 3. The Morgan fingerprint density at radius 1 is 0.822 bits per heavy atom. The number of carbonyl (C=O) groups is 2. The molecule has 45 heavy (non-hydrogen) atoms. The lowest BCUT2D eigenvalue weighted by Crippen LogP contribution is -2.53. The largest absolute Gasteiger partial charge is 0.355 e.